The molecular weight excluding hydrogens is 183 g/mol. The number of rotatable bonds is 9. The Balaban J connectivity index is 0. The molecule has 0 radical (unpaired) electrons. The zero-order chi connectivity index (χ0) is 9.94. The molecule has 14 heavy (non-hydrogen) atoms. The summed E-state index contributed by atoms with van der Waals surface area (Å²) in [5.41, 5.74) is 0. The maximum Gasteiger partial charge on any atom is 1.00 e. The first kappa shape index (κ1) is 16.4. The van der Waals surface area contributed by atoms with Crippen LogP contribution >= 0.6 is 0 Å². The Bertz CT molecular complexity index is 131. The predicted molar refractivity (Wildman–Crippen MR) is 43.1 cm³/mol. The van der Waals surface area contributed by atoms with Crippen molar-refractivity contribution in [1.82, 2.24) is 0 Å². The summed E-state index contributed by atoms with van der Waals surface area (Å²) in [7, 11) is 0. The van der Waals surface area contributed by atoms with Crippen molar-refractivity contribution in [2.75, 3.05) is 39.6 Å². The van der Waals surface area contributed by atoms with Gasteiger partial charge in [0.25, 0.3) is 0 Å². The van der Waals surface area contributed by atoms with Crippen molar-refractivity contribution in [3.63, 3.8) is 0 Å². The molecule has 0 aliphatic carbocycles. The van der Waals surface area contributed by atoms with E-state index in [-0.39, 0.29) is 32.1 Å². The van der Waals surface area contributed by atoms with E-state index in [1.54, 1.807) is 0 Å². The fraction of sp³-hybridized carbons (Fsp3) is 0.875. The van der Waals surface area contributed by atoms with E-state index in [1.165, 1.54) is 0 Å². The quantitative estimate of drug-likeness (QED) is 0.277. The van der Waals surface area contributed by atoms with Crippen LogP contribution in [0.1, 0.15) is 6.92 Å². The van der Waals surface area contributed by atoms with Crippen molar-refractivity contribution < 1.29 is 43.0 Å². The Hall–Kier alpha value is -0.0526. The summed E-state index contributed by atoms with van der Waals surface area (Å²) in [6.07, 6.45) is 0. The van der Waals surface area contributed by atoms with Gasteiger partial charge < -0.3 is 24.1 Å². The molecule has 0 saturated carbocycles. The Kier molecular flexibility index (Phi) is 15.1. The summed E-state index contributed by atoms with van der Waals surface area (Å²) in [4.78, 5) is 9.88. The first-order chi connectivity index (χ1) is 6.27. The normalized spacial score (nSPS) is 9.50. The van der Waals surface area contributed by atoms with Crippen LogP contribution in [0.4, 0.5) is 0 Å². The van der Waals surface area contributed by atoms with Gasteiger partial charge in [-0.05, 0) is 6.92 Å². The second-order valence-corrected chi connectivity index (χ2v) is 2.23. The largest absolute Gasteiger partial charge is 1.00 e. The van der Waals surface area contributed by atoms with Gasteiger partial charge in [0.05, 0.1) is 39.0 Å². The average molecular weight is 198 g/mol. The fourth-order valence-corrected chi connectivity index (χ4v) is 0.638. The van der Waals surface area contributed by atoms with Gasteiger partial charge in [-0.3, -0.25) is 0 Å². The molecule has 0 spiro atoms. The van der Waals surface area contributed by atoms with Gasteiger partial charge in [0.1, 0.15) is 0 Å². The minimum atomic E-state index is -1.21. The van der Waals surface area contributed by atoms with E-state index in [0.29, 0.717) is 26.4 Å². The molecule has 0 atom stereocenters. The van der Waals surface area contributed by atoms with Gasteiger partial charge in [-0.15, -0.1) is 0 Å². The molecule has 0 aromatic heterocycles. The maximum absolute atomic E-state index is 9.88. The first-order valence-electron chi connectivity index (χ1n) is 4.20. The second kappa shape index (κ2) is 12.9. The van der Waals surface area contributed by atoms with E-state index >= 15 is 0 Å². The summed E-state index contributed by atoms with van der Waals surface area (Å²) in [5, 5.41) is 9.88. The smallest absolute Gasteiger partial charge is 0.548 e. The van der Waals surface area contributed by atoms with E-state index < -0.39 is 5.97 Å². The molecule has 0 rings (SSSR count). The predicted octanol–water partition coefficient (Wildman–Crippen LogP) is -4.19. The summed E-state index contributed by atoms with van der Waals surface area (Å²) in [6, 6.07) is 0. The number of carboxylic acid groups (broad SMARTS) is 1. The van der Waals surface area contributed by atoms with Crippen LogP contribution in [0.3, 0.4) is 0 Å². The monoisotopic (exact) mass is 198 g/mol. The van der Waals surface area contributed by atoms with Crippen molar-refractivity contribution in [2.45, 2.75) is 6.92 Å². The molecule has 0 aromatic rings. The number of hydrogen-bond acceptors (Lipinski definition) is 5. The van der Waals surface area contributed by atoms with Gasteiger partial charge in [-0.25, -0.2) is 0 Å². The third-order valence-corrected chi connectivity index (χ3v) is 1.17. The topological polar surface area (TPSA) is 67.8 Å². The van der Waals surface area contributed by atoms with Crippen LogP contribution in [-0.4, -0.2) is 45.6 Å². The summed E-state index contributed by atoms with van der Waals surface area (Å²) < 4.78 is 14.7. The molecule has 6 heteroatoms. The molecule has 78 valence electrons. The van der Waals surface area contributed by atoms with Gasteiger partial charge in [-0.1, -0.05) is 0 Å². The van der Waals surface area contributed by atoms with Gasteiger partial charge in [0, 0.05) is 6.61 Å². The molecule has 0 fully saturated rings. The third kappa shape index (κ3) is 14.5. The van der Waals surface area contributed by atoms with E-state index in [2.05, 4.69) is 4.74 Å². The van der Waals surface area contributed by atoms with Crippen molar-refractivity contribution in [1.29, 1.82) is 0 Å². The molecular formula is C8H15LiO5. The van der Waals surface area contributed by atoms with E-state index in [0.717, 1.165) is 0 Å². The number of carbonyl (C=O) groups excluding carboxylic acids is 1. The van der Waals surface area contributed by atoms with Gasteiger partial charge >= 0.3 is 18.9 Å². The molecule has 0 N–H and O–H groups in total. The van der Waals surface area contributed by atoms with Crippen molar-refractivity contribution in [2.24, 2.45) is 0 Å². The number of ether oxygens (including phenoxy) is 3. The van der Waals surface area contributed by atoms with Crippen LogP contribution in [0.2, 0.25) is 0 Å². The Morgan fingerprint density at radius 1 is 1.07 bits per heavy atom. The van der Waals surface area contributed by atoms with Crippen LogP contribution < -0.4 is 24.0 Å². The number of carbonyl (C=O) groups is 1. The number of carboxylic acids is 1. The van der Waals surface area contributed by atoms with E-state index in [9.17, 15) is 9.90 Å². The minimum absolute atomic E-state index is 0. The third-order valence-electron chi connectivity index (χ3n) is 1.17. The second-order valence-electron chi connectivity index (χ2n) is 2.23. The van der Waals surface area contributed by atoms with Crippen LogP contribution in [0.15, 0.2) is 0 Å². The van der Waals surface area contributed by atoms with E-state index in [4.69, 9.17) is 9.47 Å². The van der Waals surface area contributed by atoms with Crippen molar-refractivity contribution >= 4 is 5.97 Å². The van der Waals surface area contributed by atoms with E-state index in [1.807, 2.05) is 6.92 Å². The molecule has 0 heterocycles. The summed E-state index contributed by atoms with van der Waals surface area (Å²) >= 11 is 0. The molecule has 0 aromatic carbocycles. The molecule has 5 nitrogen and oxygen atoms in total. The molecule has 0 amide bonds. The van der Waals surface area contributed by atoms with Crippen molar-refractivity contribution in [3.05, 3.63) is 0 Å². The summed E-state index contributed by atoms with van der Waals surface area (Å²) in [6.45, 7) is 3.89. The molecule has 0 unspecified atom stereocenters. The van der Waals surface area contributed by atoms with Gasteiger partial charge in [-0.2, -0.15) is 0 Å². The molecule has 0 saturated heterocycles. The van der Waals surface area contributed by atoms with Crippen LogP contribution in [0, 0.1) is 0 Å². The average Bonchev–Trinajstić information content (AvgIpc) is 2.09. The van der Waals surface area contributed by atoms with Gasteiger partial charge in [0.15, 0.2) is 0 Å². The minimum Gasteiger partial charge on any atom is -0.548 e. The SMILES string of the molecule is CCOCCOCCOCC(=O)[O-].[Li+]. The Morgan fingerprint density at radius 3 is 2.07 bits per heavy atom. The van der Waals surface area contributed by atoms with Crippen LogP contribution in [0.5, 0.6) is 0 Å². The van der Waals surface area contributed by atoms with Crippen LogP contribution in [0.25, 0.3) is 0 Å². The molecule has 0 aliphatic rings. The Morgan fingerprint density at radius 2 is 1.57 bits per heavy atom. The van der Waals surface area contributed by atoms with Crippen molar-refractivity contribution in [3.8, 4) is 0 Å². The van der Waals surface area contributed by atoms with Gasteiger partial charge in [0.2, 0.25) is 0 Å². The molecule has 0 aliphatic heterocycles. The fourth-order valence-electron chi connectivity index (χ4n) is 0.638. The molecule has 0 bridgehead atoms. The first-order valence-corrected chi connectivity index (χ1v) is 4.20. The Labute approximate surface area is 95.9 Å². The standard InChI is InChI=1S/C8H16O5.Li/c1-2-11-3-4-12-5-6-13-7-8(9)10;/h2-7H2,1H3,(H,9,10);/q;+1/p-1. The van der Waals surface area contributed by atoms with Crippen LogP contribution in [-0.2, 0) is 19.0 Å². The zero-order valence-corrected chi connectivity index (χ0v) is 8.78. The maximum atomic E-state index is 9.88. The zero-order valence-electron chi connectivity index (χ0n) is 8.78. The number of hydrogen-bond donors (Lipinski definition) is 0. The number of aliphatic carboxylic acids is 1. The summed E-state index contributed by atoms with van der Waals surface area (Å²) in [5.74, 6) is -1.21.